The summed E-state index contributed by atoms with van der Waals surface area (Å²) in [6.07, 6.45) is 0.784. The van der Waals surface area contributed by atoms with E-state index in [0.717, 1.165) is 29.9 Å². The highest BCUT2D eigenvalue weighted by Gasteiger charge is 2.33. The van der Waals surface area contributed by atoms with Crippen molar-refractivity contribution < 1.29 is 19.1 Å². The molecule has 2 amide bonds. The van der Waals surface area contributed by atoms with Crippen molar-refractivity contribution in [1.29, 1.82) is 0 Å². The molecule has 1 fully saturated rings. The summed E-state index contributed by atoms with van der Waals surface area (Å²) in [5.74, 6) is 1.63. The molecular weight excluding hydrogens is 434 g/mol. The lowest BCUT2D eigenvalue weighted by molar-refractivity contribution is 0.0202. The van der Waals surface area contributed by atoms with Crippen LogP contribution in [-0.4, -0.2) is 62.6 Å². The lowest BCUT2D eigenvalue weighted by atomic mass is 9.96. The molecular formula is C22H28ClN5O4. The lowest BCUT2D eigenvalue weighted by Gasteiger charge is -2.33. The van der Waals surface area contributed by atoms with Gasteiger partial charge in [-0.05, 0) is 57.4 Å². The molecule has 1 saturated heterocycles. The van der Waals surface area contributed by atoms with Crippen molar-refractivity contribution in [2.75, 3.05) is 20.2 Å². The first-order chi connectivity index (χ1) is 15.2. The maximum absolute atomic E-state index is 12.4. The Hall–Kier alpha value is -2.81. The third-order valence-electron chi connectivity index (χ3n) is 5.68. The molecule has 0 spiro atoms. The summed E-state index contributed by atoms with van der Waals surface area (Å²) < 4.78 is 12.5. The molecule has 0 N–H and O–H groups in total. The Kier molecular flexibility index (Phi) is 6.03. The monoisotopic (exact) mass is 461 g/mol. The molecule has 3 heterocycles. The number of amides is 2. The minimum Gasteiger partial charge on any atom is -0.453 e. The molecule has 4 rings (SSSR count). The fraction of sp³-hybridized carbons (Fsp3) is 0.545. The van der Waals surface area contributed by atoms with Gasteiger partial charge in [-0.25, -0.2) is 9.59 Å². The molecule has 2 aliphatic heterocycles. The maximum atomic E-state index is 12.4. The van der Waals surface area contributed by atoms with E-state index in [1.165, 1.54) is 7.11 Å². The standard InChI is InChI=1S/C22H28ClN5O4/c1-22(2,3)32-21(30)26-9-7-14(8-10-26)19-25-24-18-13-27(20(29)31-4)12-15-11-16(23)5-6-17(15)28(18)19/h5-6,11,14H,7-10,12-13H2,1-4H3. The zero-order chi connectivity index (χ0) is 23.0. The number of benzene rings is 1. The van der Waals surface area contributed by atoms with Gasteiger partial charge in [0.15, 0.2) is 5.82 Å². The van der Waals surface area contributed by atoms with Gasteiger partial charge in [0.25, 0.3) is 0 Å². The first-order valence-electron chi connectivity index (χ1n) is 10.7. The lowest BCUT2D eigenvalue weighted by Crippen LogP contribution is -2.41. The summed E-state index contributed by atoms with van der Waals surface area (Å²) in [5, 5.41) is 9.50. The molecule has 172 valence electrons. The van der Waals surface area contributed by atoms with Crippen LogP contribution in [0, 0.1) is 0 Å². The van der Waals surface area contributed by atoms with E-state index in [9.17, 15) is 9.59 Å². The highest BCUT2D eigenvalue weighted by molar-refractivity contribution is 6.30. The topological polar surface area (TPSA) is 89.8 Å². The van der Waals surface area contributed by atoms with E-state index in [0.29, 0.717) is 30.5 Å². The molecule has 1 aromatic carbocycles. The first-order valence-corrected chi connectivity index (χ1v) is 11.1. The molecule has 10 heteroatoms. The van der Waals surface area contributed by atoms with Crippen LogP contribution in [0.5, 0.6) is 0 Å². The zero-order valence-corrected chi connectivity index (χ0v) is 19.6. The molecule has 0 unspecified atom stereocenters. The maximum Gasteiger partial charge on any atom is 0.410 e. The summed E-state index contributed by atoms with van der Waals surface area (Å²) in [6, 6.07) is 5.62. The van der Waals surface area contributed by atoms with Crippen molar-refractivity contribution in [3.8, 4) is 5.69 Å². The summed E-state index contributed by atoms with van der Waals surface area (Å²) in [5.41, 5.74) is 1.29. The Morgan fingerprint density at radius 1 is 1.06 bits per heavy atom. The minimum absolute atomic E-state index is 0.128. The van der Waals surface area contributed by atoms with Crippen LogP contribution in [0.2, 0.25) is 5.02 Å². The van der Waals surface area contributed by atoms with Crippen LogP contribution >= 0.6 is 11.6 Å². The predicted octanol–water partition coefficient (Wildman–Crippen LogP) is 4.12. The average molecular weight is 462 g/mol. The van der Waals surface area contributed by atoms with E-state index in [1.807, 2.05) is 43.5 Å². The van der Waals surface area contributed by atoms with E-state index in [4.69, 9.17) is 21.1 Å². The number of halogens is 1. The van der Waals surface area contributed by atoms with Crippen LogP contribution in [0.15, 0.2) is 18.2 Å². The van der Waals surface area contributed by atoms with Crippen molar-refractivity contribution in [3.63, 3.8) is 0 Å². The Morgan fingerprint density at radius 2 is 1.78 bits per heavy atom. The van der Waals surface area contributed by atoms with Crippen molar-refractivity contribution >= 4 is 23.8 Å². The van der Waals surface area contributed by atoms with E-state index < -0.39 is 11.7 Å². The number of piperidine rings is 1. The number of ether oxygens (including phenoxy) is 2. The molecule has 0 aliphatic carbocycles. The van der Waals surface area contributed by atoms with Gasteiger partial charge in [-0.1, -0.05) is 11.6 Å². The van der Waals surface area contributed by atoms with E-state index in [2.05, 4.69) is 10.2 Å². The minimum atomic E-state index is -0.519. The second kappa shape index (κ2) is 8.61. The number of aromatic nitrogens is 3. The highest BCUT2D eigenvalue weighted by Crippen LogP contribution is 2.34. The molecule has 2 aliphatic rings. The van der Waals surface area contributed by atoms with Gasteiger partial charge >= 0.3 is 12.2 Å². The van der Waals surface area contributed by atoms with Crippen LogP contribution in [0.3, 0.4) is 0 Å². The highest BCUT2D eigenvalue weighted by atomic mass is 35.5. The Labute approximate surface area is 192 Å². The van der Waals surface area contributed by atoms with Crippen molar-refractivity contribution in [1.82, 2.24) is 24.6 Å². The Morgan fingerprint density at radius 3 is 2.44 bits per heavy atom. The number of carbonyl (C=O) groups is 2. The summed E-state index contributed by atoms with van der Waals surface area (Å²) in [7, 11) is 1.36. The van der Waals surface area contributed by atoms with Gasteiger partial charge in [-0.3, -0.25) is 9.47 Å². The Balaban J connectivity index is 1.61. The first kappa shape index (κ1) is 22.4. The molecule has 0 atom stereocenters. The smallest absolute Gasteiger partial charge is 0.410 e. The van der Waals surface area contributed by atoms with Gasteiger partial charge in [-0.15, -0.1) is 10.2 Å². The van der Waals surface area contributed by atoms with Gasteiger partial charge in [-0.2, -0.15) is 0 Å². The number of hydrogen-bond donors (Lipinski definition) is 0. The molecule has 0 radical (unpaired) electrons. The van der Waals surface area contributed by atoms with Gasteiger partial charge < -0.3 is 14.4 Å². The number of hydrogen-bond acceptors (Lipinski definition) is 6. The van der Waals surface area contributed by atoms with Crippen LogP contribution in [-0.2, 0) is 22.6 Å². The fourth-order valence-corrected chi connectivity index (χ4v) is 4.39. The molecule has 0 saturated carbocycles. The third kappa shape index (κ3) is 4.53. The molecule has 2 aromatic rings. The fourth-order valence-electron chi connectivity index (χ4n) is 4.20. The van der Waals surface area contributed by atoms with E-state index in [1.54, 1.807) is 9.80 Å². The van der Waals surface area contributed by atoms with Gasteiger partial charge in [0, 0.05) is 24.0 Å². The van der Waals surface area contributed by atoms with Gasteiger partial charge in [0.1, 0.15) is 11.4 Å². The zero-order valence-electron chi connectivity index (χ0n) is 18.8. The van der Waals surface area contributed by atoms with Crippen molar-refractivity contribution in [3.05, 3.63) is 40.4 Å². The number of rotatable bonds is 1. The van der Waals surface area contributed by atoms with Crippen LogP contribution < -0.4 is 0 Å². The average Bonchev–Trinajstić information content (AvgIpc) is 3.07. The number of nitrogens with zero attached hydrogens (tertiary/aromatic N) is 5. The number of fused-ring (bicyclic) bond motifs is 3. The van der Waals surface area contributed by atoms with Crippen molar-refractivity contribution in [2.24, 2.45) is 0 Å². The van der Waals surface area contributed by atoms with Gasteiger partial charge in [0.2, 0.25) is 0 Å². The number of carbonyl (C=O) groups excluding carboxylic acids is 2. The number of likely N-dealkylation sites (tertiary alicyclic amines) is 1. The molecule has 0 bridgehead atoms. The van der Waals surface area contributed by atoms with E-state index >= 15 is 0 Å². The largest absolute Gasteiger partial charge is 0.453 e. The van der Waals surface area contributed by atoms with Crippen molar-refractivity contribution in [2.45, 2.75) is 58.2 Å². The predicted molar refractivity (Wildman–Crippen MR) is 118 cm³/mol. The molecule has 1 aromatic heterocycles. The number of methoxy groups -OCH3 is 1. The van der Waals surface area contributed by atoms with Gasteiger partial charge in [0.05, 0.1) is 25.9 Å². The molecule has 9 nitrogen and oxygen atoms in total. The van der Waals surface area contributed by atoms with E-state index in [-0.39, 0.29) is 18.6 Å². The van der Waals surface area contributed by atoms with Crippen LogP contribution in [0.4, 0.5) is 9.59 Å². The third-order valence-corrected chi connectivity index (χ3v) is 5.91. The quantitative estimate of drug-likeness (QED) is 0.634. The normalized spacial score (nSPS) is 16.8. The SMILES string of the molecule is COC(=O)N1Cc2cc(Cl)ccc2-n2c(nnc2C2CCN(C(=O)OC(C)(C)C)CC2)C1. The second-order valence-electron chi connectivity index (χ2n) is 9.15. The Bertz CT molecular complexity index is 1020. The van der Waals surface area contributed by atoms with Crippen LogP contribution in [0.25, 0.3) is 5.69 Å². The summed E-state index contributed by atoms with van der Waals surface area (Å²) in [4.78, 5) is 28.0. The summed E-state index contributed by atoms with van der Waals surface area (Å²) in [6.45, 7) is 7.41. The second-order valence-corrected chi connectivity index (χ2v) is 9.59. The van der Waals surface area contributed by atoms with Crippen LogP contribution in [0.1, 0.15) is 56.7 Å². The molecule has 32 heavy (non-hydrogen) atoms. The summed E-state index contributed by atoms with van der Waals surface area (Å²) >= 11 is 6.25.